The molecule has 0 atom stereocenters. The molecule has 0 aliphatic heterocycles. The number of amides is 1. The normalized spacial score (nSPS) is 10.6. The second kappa shape index (κ2) is 11.7. The number of fused-ring (bicyclic) bond motifs is 1. The summed E-state index contributed by atoms with van der Waals surface area (Å²) >= 11 is 0.880. The molecule has 4 aromatic carbocycles. The van der Waals surface area contributed by atoms with Crippen LogP contribution in [0.3, 0.4) is 0 Å². The largest absolute Gasteiger partial charge is 0.506 e. The van der Waals surface area contributed by atoms with E-state index in [2.05, 4.69) is 5.32 Å². The Morgan fingerprint density at radius 3 is 1.98 bits per heavy atom. The van der Waals surface area contributed by atoms with Gasteiger partial charge in [-0.25, -0.2) is 9.59 Å². The lowest BCUT2D eigenvalue weighted by Crippen LogP contribution is -2.15. The Bertz CT molecular complexity index is 1720. The van der Waals surface area contributed by atoms with Crippen LogP contribution in [0.1, 0.15) is 31.1 Å². The van der Waals surface area contributed by atoms with Gasteiger partial charge in [0, 0.05) is 22.0 Å². The summed E-state index contributed by atoms with van der Waals surface area (Å²) in [5.41, 5.74) is -1.27. The summed E-state index contributed by atoms with van der Waals surface area (Å²) in [6, 6.07) is 14.7. The summed E-state index contributed by atoms with van der Waals surface area (Å²) in [5, 5.41) is 37.0. The minimum Gasteiger partial charge on any atom is -0.506 e. The van der Waals surface area contributed by atoms with Crippen LogP contribution < -0.4 is 5.32 Å². The van der Waals surface area contributed by atoms with E-state index in [0.29, 0.717) is 10.3 Å². The Hall–Kier alpha value is -5.50. The first-order valence-corrected chi connectivity index (χ1v) is 12.3. The molecular weight excluding hydrogens is 558 g/mol. The fourth-order valence-electron chi connectivity index (χ4n) is 3.92. The minimum absolute atomic E-state index is 0.0195. The molecule has 41 heavy (non-hydrogen) atoms. The summed E-state index contributed by atoms with van der Waals surface area (Å²) in [6.45, 7) is 0. The number of nitro benzene ring substituents is 2. The smallest absolute Gasteiger partial charge is 0.337 e. The monoisotopic (exact) mass is 577 g/mol. The first-order chi connectivity index (χ1) is 19.5. The number of phenolic OH excluding ortho intramolecular Hbond substituents is 1. The van der Waals surface area contributed by atoms with E-state index in [9.17, 15) is 39.7 Å². The number of carbonyl (C=O) groups excluding carboxylic acids is 3. The highest BCUT2D eigenvalue weighted by molar-refractivity contribution is 7.99. The lowest BCUT2D eigenvalue weighted by atomic mass is 10.0. The van der Waals surface area contributed by atoms with Gasteiger partial charge in [-0.15, -0.1) is 0 Å². The van der Waals surface area contributed by atoms with Crippen LogP contribution in [0.25, 0.3) is 10.8 Å². The van der Waals surface area contributed by atoms with Gasteiger partial charge in [0.1, 0.15) is 5.75 Å². The van der Waals surface area contributed by atoms with Crippen molar-refractivity contribution in [1.82, 2.24) is 0 Å². The zero-order chi connectivity index (χ0) is 29.8. The second-order valence-electron chi connectivity index (χ2n) is 8.32. The molecule has 0 radical (unpaired) electrons. The molecule has 0 heterocycles. The number of nitro groups is 2. The predicted molar refractivity (Wildman–Crippen MR) is 147 cm³/mol. The van der Waals surface area contributed by atoms with Crippen molar-refractivity contribution >= 4 is 57.4 Å². The van der Waals surface area contributed by atoms with Crippen molar-refractivity contribution in [2.75, 3.05) is 19.5 Å². The van der Waals surface area contributed by atoms with Crippen LogP contribution in [-0.2, 0) is 9.47 Å². The van der Waals surface area contributed by atoms with Crippen LogP contribution >= 0.6 is 11.8 Å². The zero-order valence-corrected chi connectivity index (χ0v) is 22.1. The van der Waals surface area contributed by atoms with Gasteiger partial charge >= 0.3 is 11.9 Å². The molecule has 0 fully saturated rings. The number of aromatic hydroxyl groups is 1. The summed E-state index contributed by atoms with van der Waals surface area (Å²) in [6.07, 6.45) is 0. The quantitative estimate of drug-likeness (QED) is 0.156. The lowest BCUT2D eigenvalue weighted by Gasteiger charge is -2.14. The van der Waals surface area contributed by atoms with E-state index in [1.54, 1.807) is 24.3 Å². The van der Waals surface area contributed by atoms with E-state index in [1.165, 1.54) is 30.3 Å². The van der Waals surface area contributed by atoms with Crippen molar-refractivity contribution in [3.05, 3.63) is 104 Å². The highest BCUT2D eigenvalue weighted by Gasteiger charge is 2.24. The number of nitrogens with zero attached hydrogens (tertiary/aromatic N) is 2. The van der Waals surface area contributed by atoms with Crippen molar-refractivity contribution in [2.45, 2.75) is 9.79 Å². The average Bonchev–Trinajstić information content (AvgIpc) is 2.97. The highest BCUT2D eigenvalue weighted by atomic mass is 32.2. The molecule has 0 aliphatic carbocycles. The summed E-state index contributed by atoms with van der Waals surface area (Å²) < 4.78 is 9.41. The Balaban J connectivity index is 1.80. The Morgan fingerprint density at radius 2 is 1.41 bits per heavy atom. The third-order valence-electron chi connectivity index (χ3n) is 5.83. The SMILES string of the molecule is COC(=O)c1cc(NC(=O)c2cc(Sc3ccc([N+](=O)[O-])cc3[N+](=O)[O-])c3ccccc3c2O)cc(C(=O)OC)c1. The van der Waals surface area contributed by atoms with E-state index >= 15 is 0 Å². The van der Waals surface area contributed by atoms with Crippen LogP contribution in [0, 0.1) is 20.2 Å². The number of benzene rings is 4. The van der Waals surface area contributed by atoms with Crippen LogP contribution in [0.5, 0.6) is 5.75 Å². The maximum Gasteiger partial charge on any atom is 0.337 e. The van der Waals surface area contributed by atoms with Crippen LogP contribution in [-0.4, -0.2) is 47.0 Å². The van der Waals surface area contributed by atoms with E-state index in [1.807, 2.05) is 0 Å². The first-order valence-electron chi connectivity index (χ1n) is 11.5. The van der Waals surface area contributed by atoms with Gasteiger partial charge < -0.3 is 19.9 Å². The predicted octanol–water partition coefficient (Wildman–Crippen LogP) is 5.34. The van der Waals surface area contributed by atoms with Gasteiger partial charge in [0.15, 0.2) is 0 Å². The molecule has 0 saturated heterocycles. The average molecular weight is 578 g/mol. The van der Waals surface area contributed by atoms with Crippen molar-refractivity contribution in [2.24, 2.45) is 0 Å². The Kier molecular flexibility index (Phi) is 8.14. The zero-order valence-electron chi connectivity index (χ0n) is 21.3. The van der Waals surface area contributed by atoms with Gasteiger partial charge in [-0.1, -0.05) is 36.0 Å². The molecule has 0 spiro atoms. The fraction of sp³-hybridized carbons (Fsp3) is 0.0741. The standard InChI is InChI=1S/C27H19N3O10S/c1-39-26(33)14-9-15(27(34)40-2)11-16(10-14)28-25(32)20-13-23(18-5-3-4-6-19(18)24(20)31)41-22-8-7-17(29(35)36)12-21(22)30(37)38/h3-13,31H,1-2H3,(H,28,32). The number of methoxy groups -OCH3 is 2. The number of hydrogen-bond donors (Lipinski definition) is 2. The minimum atomic E-state index is -0.828. The van der Waals surface area contributed by atoms with Gasteiger partial charge in [-0.2, -0.15) is 0 Å². The topological polar surface area (TPSA) is 188 Å². The molecule has 2 N–H and O–H groups in total. The third kappa shape index (κ3) is 5.91. The summed E-state index contributed by atoms with van der Waals surface area (Å²) in [4.78, 5) is 59.3. The first kappa shape index (κ1) is 28.5. The molecule has 1 amide bonds. The number of esters is 2. The second-order valence-corrected chi connectivity index (χ2v) is 9.40. The van der Waals surface area contributed by atoms with Crippen molar-refractivity contribution in [3.8, 4) is 5.75 Å². The molecule has 0 aliphatic rings. The van der Waals surface area contributed by atoms with Gasteiger partial charge in [0.05, 0.1) is 51.7 Å². The van der Waals surface area contributed by atoms with E-state index < -0.39 is 44.8 Å². The summed E-state index contributed by atoms with van der Waals surface area (Å²) in [7, 11) is 2.29. The number of ether oxygens (including phenoxy) is 2. The Labute approximate surface area is 235 Å². The van der Waals surface area contributed by atoms with Gasteiger partial charge in [-0.05, 0) is 35.7 Å². The van der Waals surface area contributed by atoms with Crippen molar-refractivity contribution in [3.63, 3.8) is 0 Å². The number of hydrogen-bond acceptors (Lipinski definition) is 11. The number of rotatable bonds is 8. The lowest BCUT2D eigenvalue weighted by molar-refractivity contribution is -0.396. The maximum atomic E-state index is 13.4. The molecule has 208 valence electrons. The number of phenols is 1. The van der Waals surface area contributed by atoms with Crippen LogP contribution in [0.15, 0.2) is 76.5 Å². The van der Waals surface area contributed by atoms with E-state index in [4.69, 9.17) is 9.47 Å². The number of anilines is 1. The van der Waals surface area contributed by atoms with Gasteiger partial charge in [0.25, 0.3) is 17.3 Å². The molecule has 4 aromatic rings. The maximum absolute atomic E-state index is 13.4. The number of non-ortho nitro benzene ring substituents is 1. The fourth-order valence-corrected chi connectivity index (χ4v) is 5.00. The van der Waals surface area contributed by atoms with Crippen LogP contribution in [0.4, 0.5) is 17.1 Å². The van der Waals surface area contributed by atoms with E-state index in [0.717, 1.165) is 38.1 Å². The van der Waals surface area contributed by atoms with Gasteiger partial charge in [-0.3, -0.25) is 25.0 Å². The molecule has 0 bridgehead atoms. The molecule has 4 rings (SSSR count). The number of carbonyl (C=O) groups is 3. The molecule has 13 nitrogen and oxygen atoms in total. The van der Waals surface area contributed by atoms with Gasteiger partial charge in [0.2, 0.25) is 0 Å². The third-order valence-corrected chi connectivity index (χ3v) is 6.95. The molecule has 14 heteroatoms. The Morgan fingerprint density at radius 1 is 0.805 bits per heavy atom. The van der Waals surface area contributed by atoms with Crippen molar-refractivity contribution < 1.29 is 38.8 Å². The van der Waals surface area contributed by atoms with E-state index in [-0.39, 0.29) is 32.7 Å². The number of nitrogens with one attached hydrogen (secondary N) is 1. The molecule has 0 unspecified atom stereocenters. The van der Waals surface area contributed by atoms with Crippen molar-refractivity contribution in [1.29, 1.82) is 0 Å². The highest BCUT2D eigenvalue weighted by Crippen LogP contribution is 2.43. The van der Waals surface area contributed by atoms with Crippen LogP contribution in [0.2, 0.25) is 0 Å². The molecule has 0 aromatic heterocycles. The molecular formula is C27H19N3O10S. The summed E-state index contributed by atoms with van der Waals surface area (Å²) in [5.74, 6) is -2.77. The molecule has 0 saturated carbocycles.